The zero-order chi connectivity index (χ0) is 16.8. The van der Waals surface area contributed by atoms with Crippen LogP contribution in [0.25, 0.3) is 0 Å². The third kappa shape index (κ3) is 4.68. The number of sulfone groups is 1. The van der Waals surface area contributed by atoms with Crippen LogP contribution >= 0.6 is 0 Å². The minimum absolute atomic E-state index is 0.209. The predicted octanol–water partition coefficient (Wildman–Crippen LogP) is 3.42. The van der Waals surface area contributed by atoms with E-state index < -0.39 is 9.84 Å². The lowest BCUT2D eigenvalue weighted by Gasteiger charge is -2.31. The van der Waals surface area contributed by atoms with E-state index in [9.17, 15) is 8.42 Å². The lowest BCUT2D eigenvalue weighted by molar-refractivity contribution is 0.193. The highest BCUT2D eigenvalue weighted by atomic mass is 32.2. The summed E-state index contributed by atoms with van der Waals surface area (Å²) in [5.74, 6) is 0.926. The van der Waals surface area contributed by atoms with Crippen LogP contribution in [0.15, 0.2) is 65.6 Å². The molecule has 1 aliphatic heterocycles. The molecule has 0 unspecified atom stereocenters. The summed E-state index contributed by atoms with van der Waals surface area (Å²) in [6.07, 6.45) is 3.44. The zero-order valence-electron chi connectivity index (χ0n) is 14.0. The molecule has 3 rings (SSSR count). The van der Waals surface area contributed by atoms with Gasteiger partial charge in [0, 0.05) is 6.54 Å². The van der Waals surface area contributed by atoms with E-state index in [1.165, 1.54) is 5.56 Å². The second-order valence-corrected chi connectivity index (χ2v) is 8.72. The lowest BCUT2D eigenvalue weighted by atomic mass is 9.90. The summed E-state index contributed by atoms with van der Waals surface area (Å²) in [5, 5.41) is 0. The Morgan fingerprint density at radius 2 is 1.46 bits per heavy atom. The molecule has 0 spiro atoms. The van der Waals surface area contributed by atoms with Crippen molar-refractivity contribution >= 4 is 9.84 Å². The molecular weight excluding hydrogens is 318 g/mol. The number of hydrogen-bond donors (Lipinski definition) is 0. The molecule has 1 heterocycles. The Balaban J connectivity index is 1.46. The maximum absolute atomic E-state index is 12.4. The van der Waals surface area contributed by atoms with Crippen molar-refractivity contribution in [1.82, 2.24) is 4.90 Å². The molecule has 3 nitrogen and oxygen atoms in total. The van der Waals surface area contributed by atoms with Crippen LogP contribution in [0.4, 0.5) is 0 Å². The van der Waals surface area contributed by atoms with Crippen molar-refractivity contribution in [3.63, 3.8) is 0 Å². The number of benzene rings is 2. The average Bonchev–Trinajstić information content (AvgIpc) is 2.63. The van der Waals surface area contributed by atoms with Gasteiger partial charge in [-0.05, 0) is 56.0 Å². The first kappa shape index (κ1) is 17.2. The SMILES string of the molecule is O=S(=O)(CCN1CCC(Cc2ccccc2)CC1)c1ccccc1. The Kier molecular flexibility index (Phi) is 5.69. The van der Waals surface area contributed by atoms with Gasteiger partial charge in [0.2, 0.25) is 0 Å². The number of rotatable bonds is 6. The fourth-order valence-electron chi connectivity index (χ4n) is 3.36. The van der Waals surface area contributed by atoms with Gasteiger partial charge in [0.25, 0.3) is 0 Å². The summed E-state index contributed by atoms with van der Waals surface area (Å²) in [7, 11) is -3.16. The molecule has 0 bridgehead atoms. The summed E-state index contributed by atoms with van der Waals surface area (Å²) < 4.78 is 24.7. The molecule has 1 fully saturated rings. The van der Waals surface area contributed by atoms with Gasteiger partial charge in [-0.15, -0.1) is 0 Å². The second kappa shape index (κ2) is 7.95. The van der Waals surface area contributed by atoms with Crippen LogP contribution in [0.2, 0.25) is 0 Å². The van der Waals surface area contributed by atoms with E-state index in [2.05, 4.69) is 35.2 Å². The predicted molar refractivity (Wildman–Crippen MR) is 97.8 cm³/mol. The minimum atomic E-state index is -3.16. The molecule has 24 heavy (non-hydrogen) atoms. The van der Waals surface area contributed by atoms with Crippen molar-refractivity contribution in [2.75, 3.05) is 25.4 Å². The van der Waals surface area contributed by atoms with Crippen LogP contribution < -0.4 is 0 Å². The molecule has 1 aliphatic rings. The second-order valence-electron chi connectivity index (χ2n) is 6.61. The Morgan fingerprint density at radius 1 is 0.875 bits per heavy atom. The summed E-state index contributed by atoms with van der Waals surface area (Å²) in [4.78, 5) is 2.73. The highest BCUT2D eigenvalue weighted by Gasteiger charge is 2.21. The molecule has 2 aromatic rings. The topological polar surface area (TPSA) is 37.4 Å². The van der Waals surface area contributed by atoms with Crippen molar-refractivity contribution in [1.29, 1.82) is 0 Å². The van der Waals surface area contributed by atoms with Crippen LogP contribution in [0.3, 0.4) is 0 Å². The Bertz CT molecular complexity index is 721. The number of nitrogens with zero attached hydrogens (tertiary/aromatic N) is 1. The summed E-state index contributed by atoms with van der Waals surface area (Å²) >= 11 is 0. The van der Waals surface area contributed by atoms with E-state index in [-0.39, 0.29) is 5.75 Å². The quantitative estimate of drug-likeness (QED) is 0.806. The Labute approximate surface area is 145 Å². The lowest BCUT2D eigenvalue weighted by Crippen LogP contribution is -2.37. The van der Waals surface area contributed by atoms with Crippen molar-refractivity contribution in [3.8, 4) is 0 Å². The molecule has 0 aromatic heterocycles. The van der Waals surface area contributed by atoms with Crippen LogP contribution in [-0.2, 0) is 16.3 Å². The molecule has 0 atom stereocenters. The van der Waals surface area contributed by atoms with E-state index >= 15 is 0 Å². The molecule has 4 heteroatoms. The van der Waals surface area contributed by atoms with Gasteiger partial charge in [-0.2, -0.15) is 0 Å². The number of likely N-dealkylation sites (tertiary alicyclic amines) is 1. The van der Waals surface area contributed by atoms with Gasteiger partial charge in [0.05, 0.1) is 10.6 Å². The fourth-order valence-corrected chi connectivity index (χ4v) is 4.66. The monoisotopic (exact) mass is 343 g/mol. The van der Waals surface area contributed by atoms with Crippen molar-refractivity contribution < 1.29 is 8.42 Å². The Hall–Kier alpha value is -1.65. The summed E-state index contributed by atoms with van der Waals surface area (Å²) in [6.45, 7) is 2.64. The van der Waals surface area contributed by atoms with Gasteiger partial charge in [-0.3, -0.25) is 0 Å². The first-order valence-corrected chi connectivity index (χ1v) is 10.3. The maximum atomic E-state index is 12.4. The van der Waals surface area contributed by atoms with Crippen molar-refractivity contribution in [2.24, 2.45) is 5.92 Å². The van der Waals surface area contributed by atoms with Gasteiger partial charge in [-0.25, -0.2) is 8.42 Å². The van der Waals surface area contributed by atoms with Crippen LogP contribution in [0.5, 0.6) is 0 Å². The molecule has 0 N–H and O–H groups in total. The minimum Gasteiger partial charge on any atom is -0.302 e. The van der Waals surface area contributed by atoms with Gasteiger partial charge in [-0.1, -0.05) is 48.5 Å². The van der Waals surface area contributed by atoms with Gasteiger partial charge < -0.3 is 4.90 Å². The van der Waals surface area contributed by atoms with Gasteiger partial charge in [0.1, 0.15) is 0 Å². The molecule has 0 amide bonds. The van der Waals surface area contributed by atoms with Crippen LogP contribution in [0, 0.1) is 5.92 Å². The average molecular weight is 343 g/mol. The summed E-state index contributed by atoms with van der Waals surface area (Å²) in [6, 6.07) is 19.4. The third-order valence-corrected chi connectivity index (χ3v) is 6.56. The molecule has 0 radical (unpaired) electrons. The fraction of sp³-hybridized carbons (Fsp3) is 0.400. The molecule has 2 aromatic carbocycles. The normalized spacial score (nSPS) is 17.0. The van der Waals surface area contributed by atoms with E-state index in [4.69, 9.17) is 0 Å². The van der Waals surface area contributed by atoms with Crippen molar-refractivity contribution in [3.05, 3.63) is 66.2 Å². The largest absolute Gasteiger partial charge is 0.302 e. The van der Waals surface area contributed by atoms with E-state index in [0.29, 0.717) is 11.4 Å². The smallest absolute Gasteiger partial charge is 0.179 e. The molecule has 0 saturated carbocycles. The highest BCUT2D eigenvalue weighted by Crippen LogP contribution is 2.22. The standard InChI is InChI=1S/C20H25NO2S/c22-24(23,20-9-5-2-6-10-20)16-15-21-13-11-19(12-14-21)17-18-7-3-1-4-8-18/h1-10,19H,11-17H2. The summed E-state index contributed by atoms with van der Waals surface area (Å²) in [5.41, 5.74) is 1.41. The first-order valence-electron chi connectivity index (χ1n) is 8.67. The van der Waals surface area contributed by atoms with E-state index in [0.717, 1.165) is 38.3 Å². The van der Waals surface area contributed by atoms with Gasteiger partial charge in [0.15, 0.2) is 9.84 Å². The molecule has 1 saturated heterocycles. The first-order chi connectivity index (χ1) is 11.6. The van der Waals surface area contributed by atoms with E-state index in [1.807, 2.05) is 6.07 Å². The van der Waals surface area contributed by atoms with Crippen LogP contribution in [-0.4, -0.2) is 38.7 Å². The molecular formula is C20H25NO2S. The van der Waals surface area contributed by atoms with Crippen LogP contribution in [0.1, 0.15) is 18.4 Å². The van der Waals surface area contributed by atoms with Crippen molar-refractivity contribution in [2.45, 2.75) is 24.2 Å². The zero-order valence-corrected chi connectivity index (χ0v) is 14.8. The Morgan fingerprint density at radius 3 is 2.08 bits per heavy atom. The maximum Gasteiger partial charge on any atom is 0.179 e. The highest BCUT2D eigenvalue weighted by molar-refractivity contribution is 7.91. The number of hydrogen-bond acceptors (Lipinski definition) is 3. The molecule has 128 valence electrons. The molecule has 0 aliphatic carbocycles. The third-order valence-electron chi connectivity index (χ3n) is 4.85. The number of piperidine rings is 1. The van der Waals surface area contributed by atoms with Gasteiger partial charge >= 0.3 is 0 Å². The van der Waals surface area contributed by atoms with E-state index in [1.54, 1.807) is 24.3 Å².